The monoisotopic (exact) mass is 507 g/mol. The molecule has 4 aliphatic rings. The number of aromatic nitrogens is 3. The second-order valence-electron chi connectivity index (χ2n) is 10.1. The highest BCUT2D eigenvalue weighted by molar-refractivity contribution is 5.99. The van der Waals surface area contributed by atoms with Crippen molar-refractivity contribution in [2.75, 3.05) is 19.8 Å². The first-order valence-corrected chi connectivity index (χ1v) is 12.6. The second kappa shape index (κ2) is 8.49. The molecule has 37 heavy (non-hydrogen) atoms. The molecule has 194 valence electrons. The average molecular weight is 508 g/mol. The number of nitrogens with zero attached hydrogens (tertiary/aromatic N) is 5. The summed E-state index contributed by atoms with van der Waals surface area (Å²) in [6.45, 7) is 3.70. The molecule has 0 radical (unpaired) electrons. The Bertz CT molecular complexity index is 1340. The molecule has 11 nitrogen and oxygen atoms in total. The minimum Gasteiger partial charge on any atom is -0.461 e. The van der Waals surface area contributed by atoms with Crippen LogP contribution in [0.4, 0.5) is 0 Å². The van der Waals surface area contributed by atoms with Crippen LogP contribution < -0.4 is 0 Å². The number of aliphatic hydroxyl groups is 1. The molecule has 0 bridgehead atoms. The third-order valence-electron chi connectivity index (χ3n) is 8.18. The van der Waals surface area contributed by atoms with Gasteiger partial charge < -0.3 is 24.4 Å². The summed E-state index contributed by atoms with van der Waals surface area (Å²) in [5.41, 5.74) is -0.991. The summed E-state index contributed by atoms with van der Waals surface area (Å²) in [5, 5.41) is 18.4. The van der Waals surface area contributed by atoms with Crippen LogP contribution in [0.15, 0.2) is 48.6 Å². The molecule has 4 aliphatic heterocycles. The van der Waals surface area contributed by atoms with Crippen LogP contribution in [0, 0.1) is 11.8 Å². The van der Waals surface area contributed by atoms with Crippen molar-refractivity contribution in [3.63, 3.8) is 0 Å². The molecule has 11 heteroatoms. The quantitative estimate of drug-likeness (QED) is 0.462. The van der Waals surface area contributed by atoms with Crippen LogP contribution in [0.3, 0.4) is 0 Å². The number of carbonyl (C=O) groups excluding carboxylic acids is 3. The lowest BCUT2D eigenvalue weighted by Crippen LogP contribution is -2.58. The summed E-state index contributed by atoms with van der Waals surface area (Å²) in [7, 11) is 0. The zero-order chi connectivity index (χ0) is 25.9. The molecule has 0 saturated carbocycles. The molecule has 5 heterocycles. The Morgan fingerprint density at radius 3 is 2.73 bits per heavy atom. The van der Waals surface area contributed by atoms with E-state index in [1.165, 1.54) is 4.90 Å². The van der Waals surface area contributed by atoms with Crippen molar-refractivity contribution in [2.24, 2.45) is 11.8 Å². The molecule has 2 aromatic rings. The summed E-state index contributed by atoms with van der Waals surface area (Å²) in [5.74, 6) is -3.14. The molecule has 1 spiro atoms. The van der Waals surface area contributed by atoms with E-state index in [-0.39, 0.29) is 32.3 Å². The maximum Gasteiger partial charge on any atom is 0.313 e. The van der Waals surface area contributed by atoms with E-state index in [0.717, 1.165) is 5.52 Å². The molecule has 1 unspecified atom stereocenters. The van der Waals surface area contributed by atoms with E-state index >= 15 is 0 Å². The summed E-state index contributed by atoms with van der Waals surface area (Å²) in [6, 6.07) is 5.72. The van der Waals surface area contributed by atoms with Crippen LogP contribution in [0.1, 0.15) is 20.3 Å². The Kier molecular flexibility index (Phi) is 5.46. The van der Waals surface area contributed by atoms with Gasteiger partial charge in [-0.05, 0) is 31.6 Å². The van der Waals surface area contributed by atoms with Gasteiger partial charge in [-0.15, -0.1) is 5.10 Å². The fourth-order valence-electron chi connectivity index (χ4n) is 6.45. The number of fused-ring (bicyclic) bond motifs is 3. The predicted octanol–water partition coefficient (Wildman–Crippen LogP) is 0.642. The van der Waals surface area contributed by atoms with E-state index in [1.807, 2.05) is 43.3 Å². The summed E-state index contributed by atoms with van der Waals surface area (Å²) in [6.07, 6.45) is 7.55. The highest BCUT2D eigenvalue weighted by Crippen LogP contribution is 2.58. The molecular weight excluding hydrogens is 478 g/mol. The maximum absolute atomic E-state index is 14.3. The largest absolute Gasteiger partial charge is 0.461 e. The number of cyclic esters (lactones) is 1. The van der Waals surface area contributed by atoms with Gasteiger partial charge in [0.15, 0.2) is 0 Å². The van der Waals surface area contributed by atoms with Gasteiger partial charge in [-0.1, -0.05) is 42.5 Å². The van der Waals surface area contributed by atoms with Crippen molar-refractivity contribution >= 4 is 28.8 Å². The van der Waals surface area contributed by atoms with Gasteiger partial charge in [0, 0.05) is 6.54 Å². The number of rotatable bonds is 5. The van der Waals surface area contributed by atoms with Crippen LogP contribution in [-0.4, -0.2) is 90.7 Å². The summed E-state index contributed by atoms with van der Waals surface area (Å²) in [4.78, 5) is 44.6. The average Bonchev–Trinajstić information content (AvgIpc) is 3.44. The minimum atomic E-state index is -1.39. The first-order valence-electron chi connectivity index (χ1n) is 12.6. The number of ether oxygens (including phenoxy) is 2. The normalized spacial score (nSPS) is 33.7. The number of hydrogen-bond acceptors (Lipinski definition) is 8. The van der Waals surface area contributed by atoms with Crippen LogP contribution >= 0.6 is 0 Å². The van der Waals surface area contributed by atoms with Gasteiger partial charge in [0.2, 0.25) is 5.91 Å². The molecule has 2 saturated heterocycles. The third-order valence-corrected chi connectivity index (χ3v) is 8.18. The minimum absolute atomic E-state index is 0.100. The van der Waals surface area contributed by atoms with Crippen molar-refractivity contribution < 1.29 is 29.0 Å². The Hall–Kier alpha value is -3.57. The lowest BCUT2D eigenvalue weighted by atomic mass is 9.73. The van der Waals surface area contributed by atoms with Gasteiger partial charge in [0.1, 0.15) is 42.0 Å². The molecule has 6 rings (SSSR count). The number of aliphatic hydroxyl groups excluding tert-OH is 1. The molecule has 1 aromatic carbocycles. The Morgan fingerprint density at radius 2 is 1.95 bits per heavy atom. The topological polar surface area (TPSA) is 127 Å². The molecular formula is C26H29N5O6. The van der Waals surface area contributed by atoms with Crippen molar-refractivity contribution in [2.45, 2.75) is 50.2 Å². The van der Waals surface area contributed by atoms with Crippen molar-refractivity contribution in [1.82, 2.24) is 24.8 Å². The van der Waals surface area contributed by atoms with Gasteiger partial charge in [0.25, 0.3) is 5.91 Å². The van der Waals surface area contributed by atoms with Crippen molar-refractivity contribution in [3.05, 3.63) is 48.6 Å². The zero-order valence-electron chi connectivity index (χ0n) is 20.7. The van der Waals surface area contributed by atoms with Gasteiger partial charge in [-0.3, -0.25) is 14.4 Å². The lowest BCUT2D eigenvalue weighted by Gasteiger charge is -2.39. The first-order chi connectivity index (χ1) is 17.9. The SMILES string of the molecule is CC[C@@]12C=CCOC(=O)[C@@H]1[C@H]1C(=O)N([C@H](C)CO)C3C(=O)N(Cn4nnc5ccccc54)CC=C[C@@]31O2. The Labute approximate surface area is 213 Å². The standard InChI is InChI=1S/C26H29N5O6/c1-3-25-10-7-13-36-24(35)20(25)19-22(33)31(16(2)14-32)21-23(34)29(12-6-11-26(19,21)37-25)15-30-18-9-5-4-8-17(18)27-28-30/h4-11,16,19-21,32H,3,12-15H2,1-2H3/t16-,19+,20+,21?,25-,26+/m1/s1. The van der Waals surface area contributed by atoms with Crippen LogP contribution in [0.25, 0.3) is 11.0 Å². The molecule has 6 atom stereocenters. The molecule has 0 aliphatic carbocycles. The fraction of sp³-hybridized carbons (Fsp3) is 0.500. The maximum atomic E-state index is 14.3. The number of para-hydroxylation sites is 1. The summed E-state index contributed by atoms with van der Waals surface area (Å²) >= 11 is 0. The second-order valence-corrected chi connectivity index (χ2v) is 10.1. The van der Waals surface area contributed by atoms with Crippen LogP contribution in [0.5, 0.6) is 0 Å². The van der Waals surface area contributed by atoms with E-state index in [1.54, 1.807) is 28.7 Å². The van der Waals surface area contributed by atoms with Gasteiger partial charge in [0.05, 0.1) is 24.1 Å². The van der Waals surface area contributed by atoms with E-state index in [2.05, 4.69) is 10.3 Å². The fourth-order valence-corrected chi connectivity index (χ4v) is 6.45. The zero-order valence-corrected chi connectivity index (χ0v) is 20.7. The van der Waals surface area contributed by atoms with Crippen LogP contribution in [0.2, 0.25) is 0 Å². The van der Waals surface area contributed by atoms with Crippen LogP contribution in [-0.2, 0) is 30.5 Å². The number of hydrogen-bond donors (Lipinski definition) is 1. The van der Waals surface area contributed by atoms with E-state index < -0.39 is 47.0 Å². The first kappa shape index (κ1) is 23.8. The number of benzene rings is 1. The van der Waals surface area contributed by atoms with E-state index in [9.17, 15) is 19.5 Å². The lowest BCUT2D eigenvalue weighted by molar-refractivity contribution is -0.161. The molecule has 1 aromatic heterocycles. The molecule has 2 amide bonds. The molecule has 2 fully saturated rings. The summed E-state index contributed by atoms with van der Waals surface area (Å²) < 4.78 is 13.8. The van der Waals surface area contributed by atoms with E-state index in [0.29, 0.717) is 11.9 Å². The number of likely N-dealkylation sites (tertiary alicyclic amines) is 1. The number of esters is 1. The smallest absolute Gasteiger partial charge is 0.313 e. The predicted molar refractivity (Wildman–Crippen MR) is 129 cm³/mol. The Balaban J connectivity index is 1.45. The van der Waals surface area contributed by atoms with Gasteiger partial charge >= 0.3 is 5.97 Å². The molecule has 1 N–H and O–H groups in total. The highest BCUT2D eigenvalue weighted by atomic mass is 16.6. The Morgan fingerprint density at radius 1 is 1.14 bits per heavy atom. The highest BCUT2D eigenvalue weighted by Gasteiger charge is 2.75. The van der Waals surface area contributed by atoms with Crippen molar-refractivity contribution in [3.8, 4) is 0 Å². The van der Waals surface area contributed by atoms with Gasteiger partial charge in [-0.2, -0.15) is 0 Å². The van der Waals surface area contributed by atoms with E-state index in [4.69, 9.17) is 9.47 Å². The van der Waals surface area contributed by atoms with Gasteiger partial charge in [-0.25, -0.2) is 4.68 Å². The van der Waals surface area contributed by atoms with Crippen molar-refractivity contribution in [1.29, 1.82) is 0 Å². The number of amides is 2. The third kappa shape index (κ3) is 3.23. The number of carbonyl (C=O) groups is 3.